The van der Waals surface area contributed by atoms with Crippen molar-refractivity contribution in [3.63, 3.8) is 0 Å². The van der Waals surface area contributed by atoms with Gasteiger partial charge in [-0.1, -0.05) is 30.4 Å². The molecule has 136 valence electrons. The SMILES string of the molecule is CNCCOCCOc1ccc(-c2cccc(C(N)=S)c2)c2cc[nH]c12. The van der Waals surface area contributed by atoms with E-state index in [2.05, 4.69) is 22.4 Å². The van der Waals surface area contributed by atoms with Crippen LogP contribution in [0.25, 0.3) is 22.0 Å². The first-order valence-electron chi connectivity index (χ1n) is 8.56. The number of ether oxygens (including phenoxy) is 2. The summed E-state index contributed by atoms with van der Waals surface area (Å²) < 4.78 is 11.4. The molecule has 3 rings (SSSR count). The second-order valence-electron chi connectivity index (χ2n) is 5.89. The molecule has 0 aliphatic rings. The summed E-state index contributed by atoms with van der Waals surface area (Å²) in [7, 11) is 1.90. The fraction of sp³-hybridized carbons (Fsp3) is 0.250. The van der Waals surface area contributed by atoms with Gasteiger partial charge < -0.3 is 25.5 Å². The third-order valence-electron chi connectivity index (χ3n) is 4.12. The van der Waals surface area contributed by atoms with Crippen molar-refractivity contribution in [1.29, 1.82) is 0 Å². The Morgan fingerprint density at radius 1 is 1.15 bits per heavy atom. The number of thiocarbonyl (C=S) groups is 1. The summed E-state index contributed by atoms with van der Waals surface area (Å²) in [5, 5.41) is 4.14. The number of benzene rings is 2. The van der Waals surface area contributed by atoms with Gasteiger partial charge in [0.2, 0.25) is 0 Å². The van der Waals surface area contributed by atoms with E-state index in [1.165, 1.54) is 0 Å². The highest BCUT2D eigenvalue weighted by molar-refractivity contribution is 7.80. The Kier molecular flexibility index (Phi) is 6.22. The number of nitrogens with two attached hydrogens (primary N) is 1. The Bertz CT molecular complexity index is 892. The van der Waals surface area contributed by atoms with Gasteiger partial charge in [0.25, 0.3) is 0 Å². The van der Waals surface area contributed by atoms with Gasteiger partial charge in [-0.05, 0) is 42.4 Å². The van der Waals surface area contributed by atoms with E-state index in [-0.39, 0.29) is 0 Å². The lowest BCUT2D eigenvalue weighted by atomic mass is 9.99. The maximum atomic E-state index is 5.89. The molecular formula is C20H23N3O2S. The number of H-pyrrole nitrogens is 1. The van der Waals surface area contributed by atoms with Crippen molar-refractivity contribution in [2.45, 2.75) is 0 Å². The molecule has 0 radical (unpaired) electrons. The number of aromatic amines is 1. The molecule has 0 saturated carbocycles. The number of rotatable bonds is 9. The van der Waals surface area contributed by atoms with E-state index in [0.29, 0.717) is 24.8 Å². The van der Waals surface area contributed by atoms with Crippen molar-refractivity contribution in [3.8, 4) is 16.9 Å². The summed E-state index contributed by atoms with van der Waals surface area (Å²) in [6.45, 7) is 2.58. The first kappa shape index (κ1) is 18.4. The number of likely N-dealkylation sites (N-methyl/N-ethyl adjacent to an activating group) is 1. The minimum Gasteiger partial charge on any atom is -0.489 e. The van der Waals surface area contributed by atoms with Crippen LogP contribution in [0.15, 0.2) is 48.7 Å². The molecule has 0 atom stereocenters. The van der Waals surface area contributed by atoms with Crippen molar-refractivity contribution in [3.05, 3.63) is 54.2 Å². The fourth-order valence-corrected chi connectivity index (χ4v) is 2.96. The third kappa shape index (κ3) is 4.22. The molecule has 0 fully saturated rings. The van der Waals surface area contributed by atoms with Gasteiger partial charge in [-0.2, -0.15) is 0 Å². The Labute approximate surface area is 158 Å². The molecule has 2 aromatic carbocycles. The zero-order chi connectivity index (χ0) is 18.4. The quantitative estimate of drug-likeness (QED) is 0.399. The molecule has 0 bridgehead atoms. The lowest BCUT2D eigenvalue weighted by Crippen LogP contribution is -2.16. The standard InChI is InChI=1S/C20H23N3O2S/c1-22-9-10-24-11-12-25-18-6-5-16(17-7-8-23-19(17)18)14-3-2-4-15(13-14)20(21)26/h2-8,13,22-23H,9-12H2,1H3,(H2,21,26). The van der Waals surface area contributed by atoms with Crippen LogP contribution in [0.4, 0.5) is 0 Å². The maximum Gasteiger partial charge on any atom is 0.143 e. The molecule has 0 aliphatic carbocycles. The van der Waals surface area contributed by atoms with Crippen LogP contribution in [0.3, 0.4) is 0 Å². The first-order valence-corrected chi connectivity index (χ1v) is 8.97. The largest absolute Gasteiger partial charge is 0.489 e. The summed E-state index contributed by atoms with van der Waals surface area (Å²) in [5.41, 5.74) is 9.78. The zero-order valence-corrected chi connectivity index (χ0v) is 15.6. The Morgan fingerprint density at radius 3 is 2.85 bits per heavy atom. The summed E-state index contributed by atoms with van der Waals surface area (Å²) in [6.07, 6.45) is 1.92. The van der Waals surface area contributed by atoms with Gasteiger partial charge in [0.05, 0.1) is 18.7 Å². The van der Waals surface area contributed by atoms with Gasteiger partial charge in [0.15, 0.2) is 0 Å². The molecule has 4 N–H and O–H groups in total. The van der Waals surface area contributed by atoms with Crippen molar-refractivity contribution < 1.29 is 9.47 Å². The van der Waals surface area contributed by atoms with Crippen LogP contribution >= 0.6 is 12.2 Å². The zero-order valence-electron chi connectivity index (χ0n) is 14.7. The van der Waals surface area contributed by atoms with E-state index >= 15 is 0 Å². The monoisotopic (exact) mass is 369 g/mol. The van der Waals surface area contributed by atoms with Gasteiger partial charge in [-0.25, -0.2) is 0 Å². The van der Waals surface area contributed by atoms with Crippen LogP contribution in [0.1, 0.15) is 5.56 Å². The van der Waals surface area contributed by atoms with Crippen molar-refractivity contribution >= 4 is 28.1 Å². The van der Waals surface area contributed by atoms with Gasteiger partial charge in [0, 0.05) is 23.7 Å². The van der Waals surface area contributed by atoms with E-state index in [9.17, 15) is 0 Å². The molecule has 1 heterocycles. The second-order valence-corrected chi connectivity index (χ2v) is 6.33. The average molecular weight is 369 g/mol. The topological polar surface area (TPSA) is 72.3 Å². The number of hydrogen-bond acceptors (Lipinski definition) is 4. The predicted octanol–water partition coefficient (Wildman–Crippen LogP) is 3.08. The second kappa shape index (κ2) is 8.80. The van der Waals surface area contributed by atoms with Crippen LogP contribution in [0.5, 0.6) is 5.75 Å². The van der Waals surface area contributed by atoms with Gasteiger partial charge in [0.1, 0.15) is 17.3 Å². The van der Waals surface area contributed by atoms with Crippen molar-refractivity contribution in [2.75, 3.05) is 33.4 Å². The predicted molar refractivity (Wildman–Crippen MR) is 110 cm³/mol. The van der Waals surface area contributed by atoms with E-state index in [1.54, 1.807) is 0 Å². The van der Waals surface area contributed by atoms with E-state index < -0.39 is 0 Å². The molecule has 0 amide bonds. The lowest BCUT2D eigenvalue weighted by Gasteiger charge is -2.11. The van der Waals surface area contributed by atoms with Crippen LogP contribution in [-0.2, 0) is 4.74 Å². The molecule has 1 aromatic heterocycles. The van der Waals surface area contributed by atoms with Crippen LogP contribution in [0.2, 0.25) is 0 Å². The fourth-order valence-electron chi connectivity index (χ4n) is 2.83. The van der Waals surface area contributed by atoms with E-state index in [1.807, 2.05) is 43.6 Å². The van der Waals surface area contributed by atoms with Crippen molar-refractivity contribution in [2.24, 2.45) is 5.73 Å². The molecule has 3 aromatic rings. The molecule has 0 saturated heterocycles. The van der Waals surface area contributed by atoms with Gasteiger partial charge in [-0.15, -0.1) is 0 Å². The smallest absolute Gasteiger partial charge is 0.143 e. The molecule has 0 aliphatic heterocycles. The number of hydrogen-bond donors (Lipinski definition) is 3. The Morgan fingerprint density at radius 2 is 2.04 bits per heavy atom. The molecule has 26 heavy (non-hydrogen) atoms. The highest BCUT2D eigenvalue weighted by atomic mass is 32.1. The van der Waals surface area contributed by atoms with E-state index in [0.717, 1.165) is 39.9 Å². The molecule has 5 nitrogen and oxygen atoms in total. The van der Waals surface area contributed by atoms with E-state index in [4.69, 9.17) is 27.4 Å². The van der Waals surface area contributed by atoms with Gasteiger partial charge in [-0.3, -0.25) is 0 Å². The summed E-state index contributed by atoms with van der Waals surface area (Å²) >= 11 is 5.09. The molecular weight excluding hydrogens is 346 g/mol. The van der Waals surface area contributed by atoms with Crippen LogP contribution in [0, 0.1) is 0 Å². The summed E-state index contributed by atoms with van der Waals surface area (Å²) in [5.74, 6) is 0.816. The van der Waals surface area contributed by atoms with Crippen LogP contribution < -0.4 is 15.8 Å². The Hall–Kier alpha value is -2.41. The highest BCUT2D eigenvalue weighted by Gasteiger charge is 2.10. The first-order chi connectivity index (χ1) is 12.7. The minimum absolute atomic E-state index is 0.399. The molecule has 6 heteroatoms. The average Bonchev–Trinajstić information content (AvgIpc) is 3.14. The summed E-state index contributed by atoms with van der Waals surface area (Å²) in [6, 6.07) is 14.1. The van der Waals surface area contributed by atoms with Crippen LogP contribution in [-0.4, -0.2) is 43.4 Å². The molecule has 0 spiro atoms. The Balaban J connectivity index is 1.79. The maximum absolute atomic E-state index is 5.89. The van der Waals surface area contributed by atoms with Crippen molar-refractivity contribution in [1.82, 2.24) is 10.3 Å². The number of aromatic nitrogens is 1. The normalized spacial score (nSPS) is 11.0. The lowest BCUT2D eigenvalue weighted by molar-refractivity contribution is 0.103. The number of fused-ring (bicyclic) bond motifs is 1. The summed E-state index contributed by atoms with van der Waals surface area (Å²) in [4.78, 5) is 3.67. The number of nitrogens with one attached hydrogen (secondary N) is 2. The third-order valence-corrected chi connectivity index (χ3v) is 4.36. The highest BCUT2D eigenvalue weighted by Crippen LogP contribution is 2.34. The minimum atomic E-state index is 0.399. The molecule has 0 unspecified atom stereocenters. The van der Waals surface area contributed by atoms with Gasteiger partial charge >= 0.3 is 0 Å².